The Morgan fingerprint density at radius 2 is 2.19 bits per heavy atom. The summed E-state index contributed by atoms with van der Waals surface area (Å²) in [6.07, 6.45) is 2.70. The third-order valence-corrected chi connectivity index (χ3v) is 3.79. The van der Waals surface area contributed by atoms with E-state index in [4.69, 9.17) is 5.11 Å². The van der Waals surface area contributed by atoms with Crippen molar-refractivity contribution in [2.75, 3.05) is 56.6 Å². The highest BCUT2D eigenvalue weighted by atomic mass is 16.3. The molecule has 0 amide bonds. The second-order valence-electron chi connectivity index (χ2n) is 5.13. The summed E-state index contributed by atoms with van der Waals surface area (Å²) in [5.74, 6) is 1.48. The van der Waals surface area contributed by atoms with Crippen molar-refractivity contribution >= 4 is 22.9 Å². The van der Waals surface area contributed by atoms with Crippen molar-refractivity contribution in [2.24, 2.45) is 0 Å². The Morgan fingerprint density at radius 1 is 1.29 bits per heavy atom. The largest absolute Gasteiger partial charge is 0.395 e. The molecule has 1 aliphatic rings. The third-order valence-electron chi connectivity index (χ3n) is 3.79. The highest BCUT2D eigenvalue weighted by Crippen LogP contribution is 2.23. The van der Waals surface area contributed by atoms with Gasteiger partial charge in [0.1, 0.15) is 5.52 Å². The molecule has 2 aromatic heterocycles. The summed E-state index contributed by atoms with van der Waals surface area (Å²) >= 11 is 0. The molecule has 8 nitrogen and oxygen atoms in total. The molecule has 1 aliphatic heterocycles. The summed E-state index contributed by atoms with van der Waals surface area (Å²) < 4.78 is 0. The van der Waals surface area contributed by atoms with Gasteiger partial charge in [0.15, 0.2) is 11.5 Å². The highest BCUT2D eigenvalue weighted by molar-refractivity contribution is 5.84. The number of aliphatic hydroxyl groups is 1. The average Bonchev–Trinajstić information content (AvgIpc) is 2.86. The molecule has 0 saturated carbocycles. The molecule has 3 heterocycles. The lowest BCUT2D eigenvalue weighted by molar-refractivity contribution is 0.204. The van der Waals surface area contributed by atoms with Crippen LogP contribution in [0.25, 0.3) is 11.2 Å². The normalized spacial score (nSPS) is 17.1. The fraction of sp³-hybridized carbons (Fsp3) is 0.615. The minimum atomic E-state index is 0.211. The first-order valence-electron chi connectivity index (χ1n) is 7.29. The molecule has 114 valence electrons. The van der Waals surface area contributed by atoms with Crippen molar-refractivity contribution in [1.82, 2.24) is 24.8 Å². The molecule has 2 aromatic rings. The standard InChI is InChI=1S/C13H21N7O/c1-14-13-17-11-10(15-9-16-11)12(18-13)20-4-2-3-19(5-6-20)7-8-21/h9,21H,2-8H2,1H3,(H2,14,15,16,17,18). The van der Waals surface area contributed by atoms with Crippen molar-refractivity contribution in [3.8, 4) is 0 Å². The molecule has 3 N–H and O–H groups in total. The van der Waals surface area contributed by atoms with Crippen molar-refractivity contribution in [3.63, 3.8) is 0 Å². The van der Waals surface area contributed by atoms with E-state index in [0.717, 1.165) is 50.5 Å². The van der Waals surface area contributed by atoms with Crippen LogP contribution in [0.15, 0.2) is 6.33 Å². The van der Waals surface area contributed by atoms with Crippen LogP contribution >= 0.6 is 0 Å². The van der Waals surface area contributed by atoms with Gasteiger partial charge in [0.05, 0.1) is 12.9 Å². The number of imidazole rings is 1. The smallest absolute Gasteiger partial charge is 0.226 e. The minimum absolute atomic E-state index is 0.211. The summed E-state index contributed by atoms with van der Waals surface area (Å²) in [6.45, 7) is 4.70. The van der Waals surface area contributed by atoms with Crippen LogP contribution in [0.5, 0.6) is 0 Å². The number of rotatable bonds is 4. The maximum atomic E-state index is 9.08. The van der Waals surface area contributed by atoms with E-state index in [1.807, 2.05) is 7.05 Å². The first-order chi connectivity index (χ1) is 10.3. The zero-order valence-corrected chi connectivity index (χ0v) is 12.2. The van der Waals surface area contributed by atoms with Crippen molar-refractivity contribution < 1.29 is 5.11 Å². The number of nitrogens with one attached hydrogen (secondary N) is 2. The Morgan fingerprint density at radius 3 is 3.00 bits per heavy atom. The predicted molar refractivity (Wildman–Crippen MR) is 81.6 cm³/mol. The van der Waals surface area contributed by atoms with Crippen LogP contribution < -0.4 is 10.2 Å². The van der Waals surface area contributed by atoms with Crippen LogP contribution in [0.2, 0.25) is 0 Å². The molecule has 1 fully saturated rings. The van der Waals surface area contributed by atoms with Gasteiger partial charge in [-0.25, -0.2) is 4.98 Å². The van der Waals surface area contributed by atoms with Gasteiger partial charge in [0.25, 0.3) is 0 Å². The van der Waals surface area contributed by atoms with Gasteiger partial charge in [0.2, 0.25) is 5.95 Å². The van der Waals surface area contributed by atoms with Gasteiger partial charge in [-0.3, -0.25) is 4.90 Å². The summed E-state index contributed by atoms with van der Waals surface area (Å²) in [4.78, 5) is 20.8. The Kier molecular flexibility index (Phi) is 4.16. The van der Waals surface area contributed by atoms with Crippen LogP contribution in [-0.4, -0.2) is 76.3 Å². The topological polar surface area (TPSA) is 93.2 Å². The number of aromatic amines is 1. The summed E-state index contributed by atoms with van der Waals surface area (Å²) in [7, 11) is 1.81. The van der Waals surface area contributed by atoms with Gasteiger partial charge in [-0.15, -0.1) is 0 Å². The molecule has 8 heteroatoms. The molecule has 0 atom stereocenters. The average molecular weight is 291 g/mol. The van der Waals surface area contributed by atoms with E-state index >= 15 is 0 Å². The van der Waals surface area contributed by atoms with E-state index in [1.54, 1.807) is 6.33 Å². The number of H-pyrrole nitrogens is 1. The lowest BCUT2D eigenvalue weighted by Gasteiger charge is -2.23. The van der Waals surface area contributed by atoms with Gasteiger partial charge in [-0.1, -0.05) is 0 Å². The van der Waals surface area contributed by atoms with E-state index in [2.05, 4.69) is 35.1 Å². The van der Waals surface area contributed by atoms with E-state index in [1.165, 1.54) is 0 Å². The molecule has 0 bridgehead atoms. The number of hydrogen-bond acceptors (Lipinski definition) is 7. The fourth-order valence-corrected chi connectivity index (χ4v) is 2.71. The van der Waals surface area contributed by atoms with Crippen LogP contribution in [0.4, 0.5) is 11.8 Å². The lowest BCUT2D eigenvalue weighted by Crippen LogP contribution is -2.33. The number of aromatic nitrogens is 4. The number of β-amino-alcohol motifs (C(OH)–C–C–N with tert-alkyl or cyclic N) is 1. The molecule has 3 rings (SSSR count). The van der Waals surface area contributed by atoms with Crippen molar-refractivity contribution in [1.29, 1.82) is 0 Å². The Hall–Kier alpha value is -1.93. The zero-order valence-electron chi connectivity index (χ0n) is 12.2. The third kappa shape index (κ3) is 2.91. The number of fused-ring (bicyclic) bond motifs is 1. The van der Waals surface area contributed by atoms with E-state index in [0.29, 0.717) is 11.6 Å². The summed E-state index contributed by atoms with van der Waals surface area (Å²) in [5.41, 5.74) is 1.56. The maximum Gasteiger partial charge on any atom is 0.226 e. The molecular formula is C13H21N7O. The molecule has 0 aliphatic carbocycles. The minimum Gasteiger partial charge on any atom is -0.395 e. The SMILES string of the molecule is CNc1nc(N2CCCN(CCO)CC2)c2[nH]cnc2n1. The number of nitrogens with zero attached hydrogens (tertiary/aromatic N) is 5. The van der Waals surface area contributed by atoms with E-state index < -0.39 is 0 Å². The second kappa shape index (κ2) is 6.23. The Balaban J connectivity index is 1.87. The predicted octanol–water partition coefficient (Wildman–Crippen LogP) is -0.101. The van der Waals surface area contributed by atoms with E-state index in [9.17, 15) is 0 Å². The molecule has 0 spiro atoms. The van der Waals surface area contributed by atoms with Crippen LogP contribution in [-0.2, 0) is 0 Å². The van der Waals surface area contributed by atoms with Gasteiger partial charge >= 0.3 is 0 Å². The van der Waals surface area contributed by atoms with Gasteiger partial charge < -0.3 is 20.3 Å². The maximum absolute atomic E-state index is 9.08. The van der Waals surface area contributed by atoms with Crippen LogP contribution in [0.1, 0.15) is 6.42 Å². The first-order valence-corrected chi connectivity index (χ1v) is 7.29. The second-order valence-corrected chi connectivity index (χ2v) is 5.13. The molecular weight excluding hydrogens is 270 g/mol. The van der Waals surface area contributed by atoms with Crippen LogP contribution in [0.3, 0.4) is 0 Å². The molecule has 21 heavy (non-hydrogen) atoms. The first kappa shape index (κ1) is 14.0. The van der Waals surface area contributed by atoms with Crippen LogP contribution in [0, 0.1) is 0 Å². The highest BCUT2D eigenvalue weighted by Gasteiger charge is 2.19. The number of anilines is 2. The monoisotopic (exact) mass is 291 g/mol. The fourth-order valence-electron chi connectivity index (χ4n) is 2.71. The molecule has 0 aromatic carbocycles. The van der Waals surface area contributed by atoms with Gasteiger partial charge in [-0.05, 0) is 13.0 Å². The Bertz CT molecular complexity index is 599. The zero-order chi connectivity index (χ0) is 14.7. The lowest BCUT2D eigenvalue weighted by atomic mass is 10.3. The quantitative estimate of drug-likeness (QED) is 0.724. The molecule has 0 radical (unpaired) electrons. The Labute approximate surface area is 123 Å². The van der Waals surface area contributed by atoms with Gasteiger partial charge in [0, 0.05) is 33.2 Å². The number of hydrogen-bond donors (Lipinski definition) is 3. The molecule has 1 saturated heterocycles. The van der Waals surface area contributed by atoms with Crippen molar-refractivity contribution in [2.45, 2.75) is 6.42 Å². The summed E-state index contributed by atoms with van der Waals surface area (Å²) in [6, 6.07) is 0. The molecule has 0 unspecified atom stereocenters. The van der Waals surface area contributed by atoms with Crippen molar-refractivity contribution in [3.05, 3.63) is 6.33 Å². The van der Waals surface area contributed by atoms with Gasteiger partial charge in [-0.2, -0.15) is 9.97 Å². The summed E-state index contributed by atoms with van der Waals surface area (Å²) in [5, 5.41) is 12.1. The number of aliphatic hydroxyl groups excluding tert-OH is 1. The van der Waals surface area contributed by atoms with E-state index in [-0.39, 0.29) is 6.61 Å².